The Hall–Kier alpha value is -0.160. The minimum atomic E-state index is -0.424. The second-order valence-corrected chi connectivity index (χ2v) is 4.78. The molecule has 0 saturated carbocycles. The Kier molecular flexibility index (Phi) is 7.09. The van der Waals surface area contributed by atoms with Crippen LogP contribution in [0.5, 0.6) is 0 Å². The smallest absolute Gasteiger partial charge is 0.0596 e. The molecule has 0 aliphatic heterocycles. The molecule has 0 atom stereocenters. The Morgan fingerprint density at radius 2 is 1.80 bits per heavy atom. The van der Waals surface area contributed by atoms with Crippen LogP contribution in [0.2, 0.25) is 0 Å². The van der Waals surface area contributed by atoms with Gasteiger partial charge in [0.15, 0.2) is 0 Å². The van der Waals surface area contributed by atoms with Crippen molar-refractivity contribution in [1.82, 2.24) is 4.90 Å². The predicted octanol–water partition coefficient (Wildman–Crippen LogP) is 0.334. The minimum Gasteiger partial charge on any atom is -0.396 e. The van der Waals surface area contributed by atoms with Gasteiger partial charge in [0.05, 0.1) is 25.9 Å². The van der Waals surface area contributed by atoms with Gasteiger partial charge in [0, 0.05) is 18.5 Å². The van der Waals surface area contributed by atoms with Crippen LogP contribution in [0.1, 0.15) is 20.8 Å². The lowest BCUT2D eigenvalue weighted by atomic mass is 9.92. The van der Waals surface area contributed by atoms with Gasteiger partial charge in [0.2, 0.25) is 0 Å². The molecule has 15 heavy (non-hydrogen) atoms. The number of hydrogen-bond donors (Lipinski definition) is 2. The molecule has 0 radical (unpaired) electrons. The van der Waals surface area contributed by atoms with Gasteiger partial charge in [-0.25, -0.2) is 0 Å². The fourth-order valence-corrected chi connectivity index (χ4v) is 1.32. The number of nitrogens with zero attached hydrogens (tertiary/aromatic N) is 1. The summed E-state index contributed by atoms with van der Waals surface area (Å²) in [5.74, 6) is 0. The van der Waals surface area contributed by atoms with Gasteiger partial charge in [-0.15, -0.1) is 0 Å². The van der Waals surface area contributed by atoms with E-state index in [4.69, 9.17) is 14.9 Å². The van der Waals surface area contributed by atoms with Crippen molar-refractivity contribution in [3.05, 3.63) is 0 Å². The second-order valence-electron chi connectivity index (χ2n) is 4.78. The molecule has 0 unspecified atom stereocenters. The Bertz CT molecular complexity index is 158. The zero-order valence-corrected chi connectivity index (χ0v) is 10.4. The Labute approximate surface area is 92.9 Å². The Morgan fingerprint density at radius 1 is 1.27 bits per heavy atom. The number of ether oxygens (including phenoxy) is 1. The van der Waals surface area contributed by atoms with E-state index >= 15 is 0 Å². The van der Waals surface area contributed by atoms with E-state index in [1.165, 1.54) is 0 Å². The molecule has 0 saturated heterocycles. The molecular weight excluding hydrogens is 194 g/mol. The van der Waals surface area contributed by atoms with Gasteiger partial charge in [-0.1, -0.05) is 6.92 Å². The van der Waals surface area contributed by atoms with E-state index in [9.17, 15) is 0 Å². The third-order valence-electron chi connectivity index (χ3n) is 2.34. The van der Waals surface area contributed by atoms with Gasteiger partial charge in [-0.3, -0.25) is 0 Å². The second kappa shape index (κ2) is 7.17. The topological polar surface area (TPSA) is 52.9 Å². The third kappa shape index (κ3) is 6.84. The van der Waals surface area contributed by atoms with E-state index in [-0.39, 0.29) is 19.3 Å². The van der Waals surface area contributed by atoms with Crippen LogP contribution >= 0.6 is 0 Å². The fourth-order valence-electron chi connectivity index (χ4n) is 1.32. The van der Waals surface area contributed by atoms with Crippen molar-refractivity contribution in [2.45, 2.75) is 26.9 Å². The van der Waals surface area contributed by atoms with Crippen LogP contribution < -0.4 is 0 Å². The molecular formula is C11H25NO3. The quantitative estimate of drug-likeness (QED) is 0.618. The Morgan fingerprint density at radius 3 is 2.20 bits per heavy atom. The SMILES string of the molecule is CC(C)OCCN(C)CC(C)(CO)CO. The maximum absolute atomic E-state index is 9.13. The predicted molar refractivity (Wildman–Crippen MR) is 60.9 cm³/mol. The summed E-state index contributed by atoms with van der Waals surface area (Å²) in [6, 6.07) is 0. The first kappa shape index (κ1) is 14.8. The molecule has 0 aromatic rings. The average molecular weight is 219 g/mol. The van der Waals surface area contributed by atoms with Crippen molar-refractivity contribution < 1.29 is 14.9 Å². The first-order valence-electron chi connectivity index (χ1n) is 5.45. The number of aliphatic hydroxyl groups excluding tert-OH is 2. The molecule has 4 heteroatoms. The standard InChI is InChI=1S/C11H25NO3/c1-10(2)15-6-5-12(4)7-11(3,8-13)9-14/h10,13-14H,5-9H2,1-4H3. The molecule has 0 aromatic heterocycles. The van der Waals surface area contributed by atoms with E-state index in [0.29, 0.717) is 13.2 Å². The number of aliphatic hydroxyl groups is 2. The van der Waals surface area contributed by atoms with E-state index in [1.54, 1.807) is 0 Å². The summed E-state index contributed by atoms with van der Waals surface area (Å²) >= 11 is 0. The third-order valence-corrected chi connectivity index (χ3v) is 2.34. The van der Waals surface area contributed by atoms with Crippen molar-refractivity contribution in [1.29, 1.82) is 0 Å². The summed E-state index contributed by atoms with van der Waals surface area (Å²) < 4.78 is 5.43. The molecule has 0 bridgehead atoms. The monoisotopic (exact) mass is 219 g/mol. The fraction of sp³-hybridized carbons (Fsp3) is 1.00. The lowest BCUT2D eigenvalue weighted by molar-refractivity contribution is 0.0226. The van der Waals surface area contributed by atoms with Crippen LogP contribution in [0.15, 0.2) is 0 Å². The van der Waals surface area contributed by atoms with Crippen molar-refractivity contribution in [2.75, 3.05) is 40.0 Å². The van der Waals surface area contributed by atoms with Crippen LogP contribution in [0.25, 0.3) is 0 Å². The lowest BCUT2D eigenvalue weighted by Gasteiger charge is -2.30. The summed E-state index contributed by atoms with van der Waals surface area (Å²) in [4.78, 5) is 2.06. The number of hydrogen-bond acceptors (Lipinski definition) is 4. The highest BCUT2D eigenvalue weighted by molar-refractivity contribution is 4.75. The normalized spacial score (nSPS) is 12.8. The van der Waals surface area contributed by atoms with Crippen molar-refractivity contribution in [2.24, 2.45) is 5.41 Å². The summed E-state index contributed by atoms with van der Waals surface area (Å²) in [7, 11) is 1.97. The van der Waals surface area contributed by atoms with Gasteiger partial charge >= 0.3 is 0 Å². The molecule has 0 rings (SSSR count). The first-order valence-corrected chi connectivity index (χ1v) is 5.45. The van der Waals surface area contributed by atoms with Gasteiger partial charge < -0.3 is 19.8 Å². The zero-order valence-electron chi connectivity index (χ0n) is 10.4. The molecule has 0 aromatic carbocycles. The first-order chi connectivity index (χ1) is 6.93. The van der Waals surface area contributed by atoms with Crippen LogP contribution in [-0.2, 0) is 4.74 Å². The maximum atomic E-state index is 9.13. The average Bonchev–Trinajstić information content (AvgIpc) is 2.17. The van der Waals surface area contributed by atoms with Crippen LogP contribution in [0.4, 0.5) is 0 Å². The van der Waals surface area contributed by atoms with Crippen molar-refractivity contribution in [3.63, 3.8) is 0 Å². The summed E-state index contributed by atoms with van der Waals surface area (Å²) in [5, 5.41) is 18.3. The minimum absolute atomic E-state index is 0.00111. The molecule has 0 heterocycles. The largest absolute Gasteiger partial charge is 0.396 e. The highest BCUT2D eigenvalue weighted by Gasteiger charge is 2.24. The van der Waals surface area contributed by atoms with Crippen molar-refractivity contribution >= 4 is 0 Å². The summed E-state index contributed by atoms with van der Waals surface area (Å²) in [6.45, 7) is 8.04. The molecule has 92 valence electrons. The Balaban J connectivity index is 3.76. The highest BCUT2D eigenvalue weighted by atomic mass is 16.5. The molecule has 0 amide bonds. The molecule has 0 spiro atoms. The maximum Gasteiger partial charge on any atom is 0.0596 e. The van der Waals surface area contributed by atoms with Crippen LogP contribution in [0, 0.1) is 5.41 Å². The van der Waals surface area contributed by atoms with E-state index in [1.807, 2.05) is 27.8 Å². The molecule has 0 fully saturated rings. The van der Waals surface area contributed by atoms with Crippen molar-refractivity contribution in [3.8, 4) is 0 Å². The lowest BCUT2D eigenvalue weighted by Crippen LogP contribution is -2.40. The van der Waals surface area contributed by atoms with E-state index in [0.717, 1.165) is 6.54 Å². The molecule has 0 aliphatic carbocycles. The number of rotatable bonds is 8. The summed E-state index contributed by atoms with van der Waals surface area (Å²) in [5.41, 5.74) is -0.424. The molecule has 2 N–H and O–H groups in total. The van der Waals surface area contributed by atoms with Gasteiger partial charge in [-0.2, -0.15) is 0 Å². The zero-order chi connectivity index (χ0) is 11.9. The van der Waals surface area contributed by atoms with E-state index < -0.39 is 5.41 Å². The van der Waals surface area contributed by atoms with Crippen LogP contribution in [0.3, 0.4) is 0 Å². The van der Waals surface area contributed by atoms with Gasteiger partial charge in [0.25, 0.3) is 0 Å². The highest BCUT2D eigenvalue weighted by Crippen LogP contribution is 2.15. The summed E-state index contributed by atoms with van der Waals surface area (Å²) in [6.07, 6.45) is 0.250. The van der Waals surface area contributed by atoms with Gasteiger partial charge in [0.1, 0.15) is 0 Å². The molecule has 4 nitrogen and oxygen atoms in total. The number of likely N-dealkylation sites (N-methyl/N-ethyl adjacent to an activating group) is 1. The molecule has 0 aliphatic rings. The van der Waals surface area contributed by atoms with E-state index in [2.05, 4.69) is 4.90 Å². The van der Waals surface area contributed by atoms with Gasteiger partial charge in [-0.05, 0) is 20.9 Å². The van der Waals surface area contributed by atoms with Crippen LogP contribution in [-0.4, -0.2) is 61.2 Å².